The molecule has 2 aromatic carbocycles. The monoisotopic (exact) mass is 379 g/mol. The SMILES string of the molecule is C[C@@]1(C(=O)Nc2ccc(Oc3ccc4c(c3)OCO4)cc2)CC1(Cl)Cl. The summed E-state index contributed by atoms with van der Waals surface area (Å²) in [6.45, 7) is 1.97. The van der Waals surface area contributed by atoms with E-state index in [1.807, 2.05) is 0 Å². The molecule has 1 fully saturated rings. The lowest BCUT2D eigenvalue weighted by atomic mass is 10.1. The van der Waals surface area contributed by atoms with Crippen LogP contribution in [0.4, 0.5) is 5.69 Å². The van der Waals surface area contributed by atoms with E-state index in [1.54, 1.807) is 49.4 Å². The predicted octanol–water partition coefficient (Wildman–Crippen LogP) is 4.73. The number of rotatable bonds is 4. The highest BCUT2D eigenvalue weighted by atomic mass is 35.5. The normalized spacial score (nSPS) is 22.4. The molecule has 2 aromatic rings. The van der Waals surface area contributed by atoms with Crippen molar-refractivity contribution in [3.63, 3.8) is 0 Å². The van der Waals surface area contributed by atoms with Gasteiger partial charge in [-0.1, -0.05) is 0 Å². The number of nitrogens with one attached hydrogen (secondary N) is 1. The van der Waals surface area contributed by atoms with E-state index >= 15 is 0 Å². The van der Waals surface area contributed by atoms with Crippen LogP contribution in [-0.2, 0) is 4.79 Å². The van der Waals surface area contributed by atoms with Crippen molar-refractivity contribution in [2.24, 2.45) is 5.41 Å². The lowest BCUT2D eigenvalue weighted by molar-refractivity contribution is -0.120. The fourth-order valence-electron chi connectivity index (χ4n) is 2.60. The molecule has 1 saturated carbocycles. The molecule has 7 heteroatoms. The Morgan fingerprint density at radius 2 is 1.72 bits per heavy atom. The van der Waals surface area contributed by atoms with Crippen molar-refractivity contribution in [2.75, 3.05) is 12.1 Å². The van der Waals surface area contributed by atoms with Crippen LogP contribution < -0.4 is 19.5 Å². The van der Waals surface area contributed by atoms with E-state index in [-0.39, 0.29) is 12.7 Å². The highest BCUT2D eigenvalue weighted by molar-refractivity contribution is 6.53. The average Bonchev–Trinajstić information content (AvgIpc) is 2.93. The number of hydrogen-bond donors (Lipinski definition) is 1. The minimum absolute atomic E-state index is 0.193. The zero-order valence-corrected chi connectivity index (χ0v) is 14.9. The number of alkyl halides is 2. The molecule has 1 aliphatic carbocycles. The van der Waals surface area contributed by atoms with Gasteiger partial charge in [0.1, 0.15) is 15.8 Å². The van der Waals surface area contributed by atoms with Gasteiger partial charge in [0, 0.05) is 11.8 Å². The van der Waals surface area contributed by atoms with Crippen molar-refractivity contribution >= 4 is 34.8 Å². The number of ether oxygens (including phenoxy) is 3. The first-order chi connectivity index (χ1) is 11.9. The third-order valence-electron chi connectivity index (χ3n) is 4.45. The maximum absolute atomic E-state index is 12.3. The molecule has 1 N–H and O–H groups in total. The Kier molecular flexibility index (Phi) is 3.74. The molecule has 0 radical (unpaired) electrons. The molecule has 5 nitrogen and oxygen atoms in total. The molecule has 1 aliphatic heterocycles. The van der Waals surface area contributed by atoms with Gasteiger partial charge in [-0.3, -0.25) is 4.79 Å². The van der Waals surface area contributed by atoms with Crippen LogP contribution in [0.3, 0.4) is 0 Å². The van der Waals surface area contributed by atoms with Gasteiger partial charge in [0.05, 0.1) is 5.41 Å². The zero-order valence-electron chi connectivity index (χ0n) is 13.3. The van der Waals surface area contributed by atoms with Gasteiger partial charge in [-0.15, -0.1) is 23.2 Å². The van der Waals surface area contributed by atoms with Gasteiger partial charge in [0.2, 0.25) is 12.7 Å². The third-order valence-corrected chi connectivity index (χ3v) is 5.55. The van der Waals surface area contributed by atoms with Crippen molar-refractivity contribution in [1.29, 1.82) is 0 Å². The molecular formula is C18H15Cl2NO4. The van der Waals surface area contributed by atoms with Crippen molar-refractivity contribution < 1.29 is 19.0 Å². The van der Waals surface area contributed by atoms with Crippen LogP contribution in [0.2, 0.25) is 0 Å². The van der Waals surface area contributed by atoms with E-state index in [9.17, 15) is 4.79 Å². The Labute approximate surface area is 154 Å². The van der Waals surface area contributed by atoms with Crippen molar-refractivity contribution in [3.05, 3.63) is 42.5 Å². The summed E-state index contributed by atoms with van der Waals surface area (Å²) in [5.74, 6) is 2.44. The minimum atomic E-state index is -0.987. The Balaban J connectivity index is 1.41. The van der Waals surface area contributed by atoms with Gasteiger partial charge in [0.25, 0.3) is 0 Å². The van der Waals surface area contributed by atoms with E-state index in [1.165, 1.54) is 0 Å². The molecule has 4 rings (SSSR count). The van der Waals surface area contributed by atoms with Crippen LogP contribution in [0.25, 0.3) is 0 Å². The highest BCUT2D eigenvalue weighted by Gasteiger charge is 2.67. The van der Waals surface area contributed by atoms with Gasteiger partial charge >= 0.3 is 0 Å². The topological polar surface area (TPSA) is 56.8 Å². The van der Waals surface area contributed by atoms with Crippen molar-refractivity contribution in [2.45, 2.75) is 17.7 Å². The molecule has 130 valence electrons. The van der Waals surface area contributed by atoms with E-state index in [0.29, 0.717) is 35.1 Å². The predicted molar refractivity (Wildman–Crippen MR) is 94.9 cm³/mol. The minimum Gasteiger partial charge on any atom is -0.457 e. The lowest BCUT2D eigenvalue weighted by Crippen LogP contribution is -2.25. The molecular weight excluding hydrogens is 365 g/mol. The maximum Gasteiger partial charge on any atom is 0.233 e. The van der Waals surface area contributed by atoms with Crippen LogP contribution in [0.5, 0.6) is 23.0 Å². The van der Waals surface area contributed by atoms with Crippen LogP contribution >= 0.6 is 23.2 Å². The molecule has 0 bridgehead atoms. The second kappa shape index (κ2) is 5.71. The van der Waals surface area contributed by atoms with Crippen LogP contribution in [0, 0.1) is 5.41 Å². The lowest BCUT2D eigenvalue weighted by Gasteiger charge is -2.13. The van der Waals surface area contributed by atoms with Crippen LogP contribution in [0.15, 0.2) is 42.5 Å². The van der Waals surface area contributed by atoms with Crippen molar-refractivity contribution in [1.82, 2.24) is 0 Å². The standard InChI is InChI=1S/C18H15Cl2NO4/c1-17(9-18(17,19)20)16(22)21-11-2-4-12(5-3-11)25-13-6-7-14-15(8-13)24-10-23-14/h2-8H,9-10H2,1H3,(H,21,22)/t17-/m0/s1. The second-order valence-corrected chi connectivity index (χ2v) is 7.79. The quantitative estimate of drug-likeness (QED) is 0.780. The van der Waals surface area contributed by atoms with Crippen molar-refractivity contribution in [3.8, 4) is 23.0 Å². The van der Waals surface area contributed by atoms with E-state index in [0.717, 1.165) is 0 Å². The van der Waals surface area contributed by atoms with Gasteiger partial charge in [-0.05, 0) is 49.7 Å². The molecule has 1 amide bonds. The number of carbonyl (C=O) groups excluding carboxylic acids is 1. The average molecular weight is 380 g/mol. The Morgan fingerprint density at radius 3 is 2.40 bits per heavy atom. The summed E-state index contributed by atoms with van der Waals surface area (Å²) in [7, 11) is 0. The van der Waals surface area contributed by atoms with E-state index in [2.05, 4.69) is 5.32 Å². The number of anilines is 1. The van der Waals surface area contributed by atoms with Gasteiger partial charge < -0.3 is 19.5 Å². The largest absolute Gasteiger partial charge is 0.457 e. The van der Waals surface area contributed by atoms with Gasteiger partial charge in [-0.2, -0.15) is 0 Å². The zero-order chi connectivity index (χ0) is 17.7. The first kappa shape index (κ1) is 16.4. The van der Waals surface area contributed by atoms with E-state index in [4.69, 9.17) is 37.4 Å². The Morgan fingerprint density at radius 1 is 1.08 bits per heavy atom. The first-order valence-corrected chi connectivity index (χ1v) is 8.50. The molecule has 0 unspecified atom stereocenters. The van der Waals surface area contributed by atoms with Gasteiger partial charge in [-0.25, -0.2) is 0 Å². The smallest absolute Gasteiger partial charge is 0.233 e. The summed E-state index contributed by atoms with van der Waals surface area (Å²) in [5, 5.41) is 2.83. The molecule has 2 aliphatic rings. The molecule has 0 spiro atoms. The summed E-state index contributed by atoms with van der Waals surface area (Å²) in [6.07, 6.45) is 0.445. The first-order valence-electron chi connectivity index (χ1n) is 7.74. The summed E-state index contributed by atoms with van der Waals surface area (Å²) >= 11 is 12.1. The number of halogens is 2. The molecule has 1 atom stereocenters. The second-order valence-electron chi connectivity index (χ2n) is 6.31. The van der Waals surface area contributed by atoms with Crippen LogP contribution in [0.1, 0.15) is 13.3 Å². The van der Waals surface area contributed by atoms with Gasteiger partial charge in [0.15, 0.2) is 11.5 Å². The maximum atomic E-state index is 12.3. The Bertz CT molecular complexity index is 837. The molecule has 1 heterocycles. The summed E-state index contributed by atoms with van der Waals surface area (Å²) in [4.78, 5) is 12.3. The summed E-state index contributed by atoms with van der Waals surface area (Å²) in [6, 6.07) is 12.4. The fourth-order valence-corrected chi connectivity index (χ4v) is 3.30. The van der Waals surface area contributed by atoms with Crippen LogP contribution in [-0.4, -0.2) is 17.0 Å². The third kappa shape index (κ3) is 2.98. The highest BCUT2D eigenvalue weighted by Crippen LogP contribution is 2.64. The number of fused-ring (bicyclic) bond motifs is 1. The molecule has 0 saturated heterocycles. The number of carbonyl (C=O) groups is 1. The van der Waals surface area contributed by atoms with E-state index < -0.39 is 9.75 Å². The number of hydrogen-bond acceptors (Lipinski definition) is 4. The molecule has 25 heavy (non-hydrogen) atoms. The fraction of sp³-hybridized carbons (Fsp3) is 0.278. The Hall–Kier alpha value is -2.11. The number of benzene rings is 2. The number of amides is 1. The summed E-state index contributed by atoms with van der Waals surface area (Å²) in [5.41, 5.74) is -0.0992. The molecule has 0 aromatic heterocycles. The summed E-state index contributed by atoms with van der Waals surface area (Å²) < 4.78 is 15.4.